The number of ether oxygens (including phenoxy) is 2. The molecule has 0 saturated heterocycles. The minimum atomic E-state index is 0.127. The fourth-order valence-electron chi connectivity index (χ4n) is 2.63. The average Bonchev–Trinajstić information content (AvgIpc) is 2.55. The second kappa shape index (κ2) is 7.25. The maximum atomic E-state index is 11.9. The SMILES string of the molecule is COc1ccc(Nc2ccc(NC(=O)C3CCC3)cc2)cc1OC. The molecule has 2 N–H and O–H groups in total. The Balaban J connectivity index is 1.64. The van der Waals surface area contributed by atoms with Crippen molar-refractivity contribution in [3.63, 3.8) is 0 Å². The third kappa shape index (κ3) is 3.62. The summed E-state index contributed by atoms with van der Waals surface area (Å²) in [6.07, 6.45) is 3.17. The van der Waals surface area contributed by atoms with Gasteiger partial charge in [-0.05, 0) is 49.2 Å². The molecule has 2 aromatic carbocycles. The molecule has 1 fully saturated rings. The van der Waals surface area contributed by atoms with Crippen LogP contribution in [0.2, 0.25) is 0 Å². The third-order valence-corrected chi connectivity index (χ3v) is 4.30. The lowest BCUT2D eigenvalue weighted by Gasteiger charge is -2.24. The van der Waals surface area contributed by atoms with Gasteiger partial charge in [-0.15, -0.1) is 0 Å². The largest absolute Gasteiger partial charge is 0.493 e. The highest BCUT2D eigenvalue weighted by atomic mass is 16.5. The number of hydrogen-bond donors (Lipinski definition) is 2. The second-order valence-corrected chi connectivity index (χ2v) is 5.89. The molecular formula is C19H22N2O3. The van der Waals surface area contributed by atoms with Crippen molar-refractivity contribution >= 4 is 23.0 Å². The van der Waals surface area contributed by atoms with Crippen LogP contribution in [0.4, 0.5) is 17.1 Å². The first-order chi connectivity index (χ1) is 11.7. The molecule has 1 saturated carbocycles. The van der Waals surface area contributed by atoms with E-state index in [0.29, 0.717) is 11.5 Å². The first-order valence-electron chi connectivity index (χ1n) is 8.09. The summed E-state index contributed by atoms with van der Waals surface area (Å²) < 4.78 is 10.5. The minimum Gasteiger partial charge on any atom is -0.493 e. The van der Waals surface area contributed by atoms with E-state index in [2.05, 4.69) is 10.6 Å². The average molecular weight is 326 g/mol. The van der Waals surface area contributed by atoms with Gasteiger partial charge in [0.05, 0.1) is 14.2 Å². The van der Waals surface area contributed by atoms with Crippen LogP contribution in [0, 0.1) is 5.92 Å². The summed E-state index contributed by atoms with van der Waals surface area (Å²) in [5.41, 5.74) is 2.66. The van der Waals surface area contributed by atoms with Gasteiger partial charge in [0.1, 0.15) is 0 Å². The number of rotatable bonds is 6. The standard InChI is InChI=1S/C19H22N2O3/c1-23-17-11-10-16(12-18(17)24-2)20-14-6-8-15(9-7-14)21-19(22)13-4-3-5-13/h6-13,20H,3-5H2,1-2H3,(H,21,22). The predicted octanol–water partition coefficient (Wildman–Crippen LogP) is 4.19. The zero-order valence-corrected chi connectivity index (χ0v) is 14.0. The monoisotopic (exact) mass is 326 g/mol. The first kappa shape index (κ1) is 16.2. The summed E-state index contributed by atoms with van der Waals surface area (Å²) in [5.74, 6) is 1.68. The molecule has 5 nitrogen and oxygen atoms in total. The molecule has 3 rings (SSSR count). The van der Waals surface area contributed by atoms with Gasteiger partial charge in [-0.25, -0.2) is 0 Å². The number of hydrogen-bond acceptors (Lipinski definition) is 4. The van der Waals surface area contributed by atoms with Gasteiger partial charge in [-0.1, -0.05) is 6.42 Å². The van der Waals surface area contributed by atoms with Gasteiger partial charge in [-0.3, -0.25) is 4.79 Å². The fraction of sp³-hybridized carbons (Fsp3) is 0.316. The highest BCUT2D eigenvalue weighted by Crippen LogP contribution is 2.31. The van der Waals surface area contributed by atoms with Crippen molar-refractivity contribution in [2.75, 3.05) is 24.9 Å². The fourth-order valence-corrected chi connectivity index (χ4v) is 2.63. The van der Waals surface area contributed by atoms with Gasteiger partial charge in [0.15, 0.2) is 11.5 Å². The van der Waals surface area contributed by atoms with Gasteiger partial charge in [0.2, 0.25) is 5.91 Å². The van der Waals surface area contributed by atoms with Crippen molar-refractivity contribution in [3.8, 4) is 11.5 Å². The number of amides is 1. The highest BCUT2D eigenvalue weighted by molar-refractivity contribution is 5.93. The smallest absolute Gasteiger partial charge is 0.227 e. The van der Waals surface area contributed by atoms with Crippen molar-refractivity contribution in [2.45, 2.75) is 19.3 Å². The van der Waals surface area contributed by atoms with E-state index in [9.17, 15) is 4.79 Å². The van der Waals surface area contributed by atoms with Crippen molar-refractivity contribution in [2.24, 2.45) is 5.92 Å². The minimum absolute atomic E-state index is 0.127. The Hall–Kier alpha value is -2.69. The van der Waals surface area contributed by atoms with Crippen LogP contribution in [0.25, 0.3) is 0 Å². The second-order valence-electron chi connectivity index (χ2n) is 5.89. The zero-order chi connectivity index (χ0) is 16.9. The van der Waals surface area contributed by atoms with E-state index in [0.717, 1.165) is 36.3 Å². The summed E-state index contributed by atoms with van der Waals surface area (Å²) in [5, 5.41) is 6.27. The van der Waals surface area contributed by atoms with Crippen molar-refractivity contribution in [1.29, 1.82) is 0 Å². The summed E-state index contributed by atoms with van der Waals surface area (Å²) >= 11 is 0. The lowest BCUT2D eigenvalue weighted by molar-refractivity contribution is -0.122. The zero-order valence-electron chi connectivity index (χ0n) is 14.0. The van der Waals surface area contributed by atoms with Crippen molar-refractivity contribution in [3.05, 3.63) is 42.5 Å². The maximum absolute atomic E-state index is 11.9. The summed E-state index contributed by atoms with van der Waals surface area (Å²) in [7, 11) is 3.22. The summed E-state index contributed by atoms with van der Waals surface area (Å²) in [4.78, 5) is 11.9. The number of carbonyl (C=O) groups is 1. The van der Waals surface area contributed by atoms with E-state index >= 15 is 0 Å². The molecule has 0 heterocycles. The molecule has 0 aromatic heterocycles. The maximum Gasteiger partial charge on any atom is 0.227 e. The molecule has 0 atom stereocenters. The van der Waals surface area contributed by atoms with Gasteiger partial charge >= 0.3 is 0 Å². The molecule has 5 heteroatoms. The van der Waals surface area contributed by atoms with E-state index in [4.69, 9.17) is 9.47 Å². The Labute approximate surface area is 142 Å². The Bertz CT molecular complexity index is 709. The Morgan fingerprint density at radius 1 is 0.917 bits per heavy atom. The van der Waals surface area contributed by atoms with Crippen LogP contribution >= 0.6 is 0 Å². The molecule has 1 amide bonds. The Morgan fingerprint density at radius 2 is 1.54 bits per heavy atom. The Kier molecular flexibility index (Phi) is 4.89. The molecular weight excluding hydrogens is 304 g/mol. The molecule has 2 aromatic rings. The molecule has 0 spiro atoms. The predicted molar refractivity (Wildman–Crippen MR) is 95.2 cm³/mol. The van der Waals surface area contributed by atoms with Crippen LogP contribution in [0.3, 0.4) is 0 Å². The number of carbonyl (C=O) groups excluding carboxylic acids is 1. The van der Waals surface area contributed by atoms with Crippen molar-refractivity contribution < 1.29 is 14.3 Å². The highest BCUT2D eigenvalue weighted by Gasteiger charge is 2.24. The van der Waals surface area contributed by atoms with E-state index in [1.807, 2.05) is 42.5 Å². The van der Waals surface area contributed by atoms with Crippen LogP contribution < -0.4 is 20.1 Å². The molecule has 1 aliphatic rings. The van der Waals surface area contributed by atoms with Crippen LogP contribution in [0.5, 0.6) is 11.5 Å². The molecule has 0 radical (unpaired) electrons. The number of benzene rings is 2. The topological polar surface area (TPSA) is 59.6 Å². The van der Waals surface area contributed by atoms with Crippen LogP contribution in [-0.4, -0.2) is 20.1 Å². The van der Waals surface area contributed by atoms with E-state index in [1.54, 1.807) is 14.2 Å². The molecule has 0 bridgehead atoms. The molecule has 0 unspecified atom stereocenters. The number of methoxy groups -OCH3 is 2. The molecule has 1 aliphatic carbocycles. The number of anilines is 3. The Morgan fingerprint density at radius 3 is 2.12 bits per heavy atom. The summed E-state index contributed by atoms with van der Waals surface area (Å²) in [6.45, 7) is 0. The quantitative estimate of drug-likeness (QED) is 0.836. The van der Waals surface area contributed by atoms with Crippen molar-refractivity contribution in [1.82, 2.24) is 0 Å². The van der Waals surface area contributed by atoms with Gasteiger partial charge < -0.3 is 20.1 Å². The first-order valence-corrected chi connectivity index (χ1v) is 8.09. The lowest BCUT2D eigenvalue weighted by atomic mass is 9.85. The van der Waals surface area contributed by atoms with E-state index in [1.165, 1.54) is 0 Å². The van der Waals surface area contributed by atoms with E-state index in [-0.39, 0.29) is 11.8 Å². The van der Waals surface area contributed by atoms with E-state index < -0.39 is 0 Å². The van der Waals surface area contributed by atoms with Gasteiger partial charge in [-0.2, -0.15) is 0 Å². The molecule has 24 heavy (non-hydrogen) atoms. The lowest BCUT2D eigenvalue weighted by Crippen LogP contribution is -2.27. The molecule has 126 valence electrons. The van der Waals surface area contributed by atoms with Gasteiger partial charge in [0, 0.05) is 29.0 Å². The third-order valence-electron chi connectivity index (χ3n) is 4.30. The number of nitrogens with one attached hydrogen (secondary N) is 2. The normalized spacial score (nSPS) is 13.8. The molecule has 0 aliphatic heterocycles. The van der Waals surface area contributed by atoms with Crippen LogP contribution in [0.1, 0.15) is 19.3 Å². The van der Waals surface area contributed by atoms with Crippen LogP contribution in [0.15, 0.2) is 42.5 Å². The van der Waals surface area contributed by atoms with Crippen LogP contribution in [-0.2, 0) is 4.79 Å². The van der Waals surface area contributed by atoms with Gasteiger partial charge in [0.25, 0.3) is 0 Å². The summed E-state index contributed by atoms with van der Waals surface area (Å²) in [6, 6.07) is 13.3.